The van der Waals surface area contributed by atoms with E-state index in [1.807, 2.05) is 0 Å². The van der Waals surface area contributed by atoms with Crippen molar-refractivity contribution in [3.63, 3.8) is 0 Å². The zero-order chi connectivity index (χ0) is 20.4. The van der Waals surface area contributed by atoms with E-state index in [0.29, 0.717) is 6.07 Å². The molecule has 0 bridgehead atoms. The Morgan fingerprint density at radius 3 is 2.33 bits per heavy atom. The van der Waals surface area contributed by atoms with Crippen LogP contribution in [0, 0.1) is 15.9 Å². The number of hydrogen-bond acceptors (Lipinski definition) is 5. The summed E-state index contributed by atoms with van der Waals surface area (Å²) in [7, 11) is -2.43. The van der Waals surface area contributed by atoms with Crippen LogP contribution in [0.3, 0.4) is 0 Å². The van der Waals surface area contributed by atoms with Crippen molar-refractivity contribution in [3.8, 4) is 11.5 Å². The monoisotopic (exact) mass is 407 g/mol. The zero-order valence-corrected chi connectivity index (χ0v) is 15.0. The van der Waals surface area contributed by atoms with Crippen molar-refractivity contribution in [1.82, 2.24) is 0 Å². The maximum atomic E-state index is 13.9. The van der Waals surface area contributed by atoms with E-state index in [4.69, 9.17) is 9.26 Å². The second kappa shape index (κ2) is 7.66. The second-order valence-electron chi connectivity index (χ2n) is 5.32. The van der Waals surface area contributed by atoms with Crippen LogP contribution in [0.4, 0.5) is 23.2 Å². The summed E-state index contributed by atoms with van der Waals surface area (Å²) in [6, 6.07) is 4.88. The highest BCUT2D eigenvalue weighted by Gasteiger charge is 2.33. The number of halogens is 4. The van der Waals surface area contributed by atoms with Gasteiger partial charge < -0.3 is 9.26 Å². The van der Waals surface area contributed by atoms with Crippen molar-refractivity contribution < 1.29 is 36.3 Å². The number of benzene rings is 2. The molecule has 146 valence electrons. The molecule has 0 aliphatic heterocycles. The van der Waals surface area contributed by atoms with Gasteiger partial charge in [-0.2, -0.15) is 13.2 Å². The summed E-state index contributed by atoms with van der Waals surface area (Å²) in [4.78, 5) is 10.4. The molecule has 1 atom stereocenters. The summed E-state index contributed by atoms with van der Waals surface area (Å²) in [5, 5.41) is 10.9. The smallest absolute Gasteiger partial charge is 0.416 e. The van der Waals surface area contributed by atoms with Gasteiger partial charge in [0.05, 0.1) is 10.5 Å². The van der Waals surface area contributed by atoms with E-state index in [1.165, 1.54) is 6.92 Å². The third kappa shape index (κ3) is 4.45. The van der Waals surface area contributed by atoms with Gasteiger partial charge in [-0.15, -0.1) is 0 Å². The number of nitro benzene ring substituents is 1. The predicted octanol–water partition coefficient (Wildman–Crippen LogP) is 5.11. The Kier molecular flexibility index (Phi) is 5.91. The van der Waals surface area contributed by atoms with Gasteiger partial charge in [-0.1, -0.05) is 6.92 Å². The highest BCUT2D eigenvalue weighted by atomic mass is 31.2. The molecule has 2 aromatic carbocycles. The van der Waals surface area contributed by atoms with E-state index in [9.17, 15) is 32.2 Å². The van der Waals surface area contributed by atoms with E-state index < -0.39 is 41.3 Å². The standard InChI is InChI=1S/C16H14F4NO5P/c1-3-27(24,25-2)15-9-11(5-6-13(15)21(22)23)26-14-7-4-10(8-12(14)17)16(18,19)20/h4-9H,3H2,1-2H3. The predicted molar refractivity (Wildman–Crippen MR) is 89.4 cm³/mol. The second-order valence-corrected chi connectivity index (χ2v) is 8.15. The van der Waals surface area contributed by atoms with Crippen LogP contribution in [0.5, 0.6) is 11.5 Å². The lowest BCUT2D eigenvalue weighted by Gasteiger charge is -2.16. The van der Waals surface area contributed by atoms with Crippen LogP contribution in [0.25, 0.3) is 0 Å². The Hall–Kier alpha value is -2.45. The SMILES string of the molecule is CCP(=O)(OC)c1cc(Oc2ccc(C(F)(F)F)cc2F)ccc1[N+](=O)[O-]. The fourth-order valence-electron chi connectivity index (χ4n) is 2.28. The zero-order valence-electron chi connectivity index (χ0n) is 14.1. The molecule has 1 unspecified atom stereocenters. The van der Waals surface area contributed by atoms with E-state index >= 15 is 0 Å². The fraction of sp³-hybridized carbons (Fsp3) is 0.250. The van der Waals surface area contributed by atoms with E-state index in [0.717, 1.165) is 31.4 Å². The normalized spacial score (nSPS) is 13.9. The van der Waals surface area contributed by atoms with Gasteiger partial charge in [-0.25, -0.2) is 4.39 Å². The molecule has 0 aliphatic rings. The average Bonchev–Trinajstić information content (AvgIpc) is 2.61. The van der Waals surface area contributed by atoms with Crippen LogP contribution in [-0.4, -0.2) is 18.2 Å². The number of hydrogen-bond donors (Lipinski definition) is 0. The first-order valence-electron chi connectivity index (χ1n) is 7.50. The maximum Gasteiger partial charge on any atom is 0.416 e. The number of ether oxygens (including phenoxy) is 1. The highest BCUT2D eigenvalue weighted by molar-refractivity contribution is 7.67. The quantitative estimate of drug-likeness (QED) is 0.288. The van der Waals surface area contributed by atoms with E-state index in [2.05, 4.69) is 0 Å². The van der Waals surface area contributed by atoms with E-state index in [-0.39, 0.29) is 23.3 Å². The average molecular weight is 407 g/mol. The molecule has 0 aliphatic carbocycles. The van der Waals surface area contributed by atoms with Gasteiger partial charge in [-0.05, 0) is 24.3 Å². The summed E-state index contributed by atoms with van der Waals surface area (Å²) in [5.41, 5.74) is -1.66. The van der Waals surface area contributed by atoms with Gasteiger partial charge in [0, 0.05) is 25.4 Å². The molecule has 0 N–H and O–H groups in total. The molecule has 11 heteroatoms. The van der Waals surface area contributed by atoms with Crippen molar-refractivity contribution in [2.45, 2.75) is 13.1 Å². The Morgan fingerprint density at radius 2 is 1.85 bits per heavy atom. The van der Waals surface area contributed by atoms with Gasteiger partial charge >= 0.3 is 6.18 Å². The molecule has 0 amide bonds. The van der Waals surface area contributed by atoms with Crippen LogP contribution >= 0.6 is 7.37 Å². The summed E-state index contributed by atoms with van der Waals surface area (Å²) in [5.74, 6) is -1.93. The van der Waals surface area contributed by atoms with Gasteiger partial charge in [0.1, 0.15) is 11.1 Å². The van der Waals surface area contributed by atoms with Crippen LogP contribution in [0.15, 0.2) is 36.4 Å². The number of rotatable bonds is 6. The summed E-state index contributed by atoms with van der Waals surface area (Å²) in [6.45, 7) is 1.51. The first-order valence-corrected chi connectivity index (χ1v) is 9.31. The first-order chi connectivity index (χ1) is 12.5. The molecule has 0 aromatic heterocycles. The maximum absolute atomic E-state index is 13.9. The van der Waals surface area contributed by atoms with Crippen molar-refractivity contribution in [2.75, 3.05) is 13.3 Å². The lowest BCUT2D eigenvalue weighted by Crippen LogP contribution is -2.13. The summed E-state index contributed by atoms with van der Waals surface area (Å²) >= 11 is 0. The Balaban J connectivity index is 2.46. The molecular weight excluding hydrogens is 393 g/mol. The third-order valence-electron chi connectivity index (χ3n) is 3.71. The van der Waals surface area contributed by atoms with Crippen molar-refractivity contribution in [1.29, 1.82) is 0 Å². The molecular formula is C16H14F4NO5P. The van der Waals surface area contributed by atoms with Crippen molar-refractivity contribution >= 4 is 18.4 Å². The third-order valence-corrected chi connectivity index (χ3v) is 6.22. The Bertz CT molecular complexity index is 908. The molecule has 2 rings (SSSR count). The van der Waals surface area contributed by atoms with Crippen LogP contribution < -0.4 is 10.0 Å². The van der Waals surface area contributed by atoms with Gasteiger partial charge in [0.25, 0.3) is 5.69 Å². The van der Waals surface area contributed by atoms with Gasteiger partial charge in [0.2, 0.25) is 7.37 Å². The number of alkyl halides is 3. The van der Waals surface area contributed by atoms with Crippen molar-refractivity contribution in [3.05, 3.63) is 57.9 Å². The summed E-state index contributed by atoms with van der Waals surface area (Å²) < 4.78 is 74.6. The van der Waals surface area contributed by atoms with Gasteiger partial charge in [-0.3, -0.25) is 14.7 Å². The van der Waals surface area contributed by atoms with E-state index in [1.54, 1.807) is 0 Å². The minimum Gasteiger partial charge on any atom is -0.454 e. The molecule has 27 heavy (non-hydrogen) atoms. The lowest BCUT2D eigenvalue weighted by molar-refractivity contribution is -0.383. The Morgan fingerprint density at radius 1 is 1.19 bits per heavy atom. The molecule has 0 spiro atoms. The summed E-state index contributed by atoms with van der Waals surface area (Å²) in [6.07, 6.45) is -4.76. The molecule has 0 heterocycles. The fourth-order valence-corrected chi connectivity index (χ4v) is 3.90. The lowest BCUT2D eigenvalue weighted by atomic mass is 10.2. The largest absolute Gasteiger partial charge is 0.454 e. The van der Waals surface area contributed by atoms with Gasteiger partial charge in [0.15, 0.2) is 11.6 Å². The minimum atomic E-state index is -4.72. The first kappa shape index (κ1) is 20.9. The highest BCUT2D eigenvalue weighted by Crippen LogP contribution is 2.47. The molecule has 0 fully saturated rings. The molecule has 0 saturated carbocycles. The topological polar surface area (TPSA) is 78.7 Å². The molecule has 0 saturated heterocycles. The molecule has 0 radical (unpaired) electrons. The molecule has 2 aromatic rings. The van der Waals surface area contributed by atoms with Crippen LogP contribution in [-0.2, 0) is 15.3 Å². The minimum absolute atomic E-state index is 0.0393. The van der Waals surface area contributed by atoms with Crippen LogP contribution in [0.2, 0.25) is 0 Å². The Labute approximate surface area is 151 Å². The number of nitrogens with zero attached hydrogens (tertiary/aromatic N) is 1. The van der Waals surface area contributed by atoms with Crippen molar-refractivity contribution in [2.24, 2.45) is 0 Å². The molecule has 6 nitrogen and oxygen atoms in total. The van der Waals surface area contributed by atoms with Crippen LogP contribution in [0.1, 0.15) is 12.5 Å². The number of nitro groups is 1.